The molecule has 0 aliphatic heterocycles. The van der Waals surface area contributed by atoms with Gasteiger partial charge in [0, 0.05) is 30.7 Å². The average Bonchev–Trinajstić information content (AvgIpc) is 2.76. The first-order valence-electron chi connectivity index (χ1n) is 4.47. The molecule has 84 valence electrons. The van der Waals surface area contributed by atoms with E-state index >= 15 is 0 Å². The van der Waals surface area contributed by atoms with Gasteiger partial charge in [-0.3, -0.25) is 0 Å². The highest BCUT2D eigenvalue weighted by molar-refractivity contribution is 7.09. The van der Waals surface area contributed by atoms with Gasteiger partial charge in [-0.15, -0.1) is 0 Å². The van der Waals surface area contributed by atoms with Crippen molar-refractivity contribution in [3.8, 4) is 0 Å². The Bertz CT molecular complexity index is 474. The molecule has 0 amide bonds. The van der Waals surface area contributed by atoms with Crippen molar-refractivity contribution >= 4 is 16.7 Å². The second kappa shape index (κ2) is 4.48. The lowest BCUT2D eigenvalue weighted by atomic mass is 10.2. The molecule has 0 spiro atoms. The summed E-state index contributed by atoms with van der Waals surface area (Å²) in [7, 11) is 1.71. The van der Waals surface area contributed by atoms with E-state index in [4.69, 9.17) is 0 Å². The normalized spacial score (nSPS) is 10.4. The Morgan fingerprint density at radius 2 is 2.19 bits per heavy atom. The van der Waals surface area contributed by atoms with Crippen LogP contribution in [0.4, 0.5) is 13.9 Å². The number of rotatable bonds is 3. The van der Waals surface area contributed by atoms with Crippen molar-refractivity contribution in [2.24, 2.45) is 0 Å². The lowest BCUT2D eigenvalue weighted by molar-refractivity contribution is 0.583. The summed E-state index contributed by atoms with van der Waals surface area (Å²) in [6.45, 7) is 0.223. The second-order valence-electron chi connectivity index (χ2n) is 3.24. The van der Waals surface area contributed by atoms with Crippen molar-refractivity contribution in [3.05, 3.63) is 35.4 Å². The van der Waals surface area contributed by atoms with E-state index in [1.165, 1.54) is 6.07 Å². The summed E-state index contributed by atoms with van der Waals surface area (Å²) in [5, 5.41) is 7.72. The minimum Gasteiger partial charge on any atom is -0.344 e. The van der Waals surface area contributed by atoms with Crippen LogP contribution in [-0.4, -0.2) is 21.8 Å². The van der Waals surface area contributed by atoms with Crippen molar-refractivity contribution in [2.45, 2.75) is 6.54 Å². The molecular formula is C9H8F2N4S. The van der Waals surface area contributed by atoms with Crippen LogP contribution in [0.1, 0.15) is 5.56 Å². The Morgan fingerprint density at radius 3 is 2.88 bits per heavy atom. The van der Waals surface area contributed by atoms with E-state index in [2.05, 4.69) is 14.8 Å². The van der Waals surface area contributed by atoms with Gasteiger partial charge in [0.05, 0.1) is 0 Å². The Balaban J connectivity index is 2.17. The zero-order valence-corrected chi connectivity index (χ0v) is 9.21. The zero-order chi connectivity index (χ0) is 11.5. The summed E-state index contributed by atoms with van der Waals surface area (Å²) in [4.78, 5) is 1.66. The second-order valence-corrected chi connectivity index (χ2v) is 3.95. The molecule has 0 saturated carbocycles. The first-order chi connectivity index (χ1) is 7.66. The van der Waals surface area contributed by atoms with Gasteiger partial charge in [0.25, 0.3) is 0 Å². The molecule has 1 heterocycles. The largest absolute Gasteiger partial charge is 0.344 e. The molecule has 0 unspecified atom stereocenters. The van der Waals surface area contributed by atoms with Gasteiger partial charge in [0.2, 0.25) is 5.13 Å². The lowest BCUT2D eigenvalue weighted by Gasteiger charge is -2.14. The molecule has 1 aromatic heterocycles. The smallest absolute Gasteiger partial charge is 0.227 e. The topological polar surface area (TPSA) is 41.9 Å². The molecule has 2 rings (SSSR count). The minimum absolute atomic E-state index is 0.223. The van der Waals surface area contributed by atoms with Gasteiger partial charge < -0.3 is 4.90 Å². The van der Waals surface area contributed by atoms with E-state index in [1.54, 1.807) is 11.9 Å². The molecular weight excluding hydrogens is 234 g/mol. The van der Waals surface area contributed by atoms with Gasteiger partial charge in [-0.25, -0.2) is 8.78 Å². The van der Waals surface area contributed by atoms with Crippen LogP contribution in [-0.2, 0) is 6.54 Å². The molecule has 2 aromatic rings. The number of anilines is 1. The molecule has 0 atom stereocenters. The molecule has 0 bridgehead atoms. The van der Waals surface area contributed by atoms with E-state index in [0.29, 0.717) is 5.13 Å². The van der Waals surface area contributed by atoms with Gasteiger partial charge in [-0.2, -0.15) is 0 Å². The third kappa shape index (κ3) is 2.30. The molecule has 1 aromatic carbocycles. The van der Waals surface area contributed by atoms with E-state index in [-0.39, 0.29) is 12.1 Å². The number of halogens is 2. The molecule has 16 heavy (non-hydrogen) atoms. The van der Waals surface area contributed by atoms with Crippen molar-refractivity contribution < 1.29 is 8.78 Å². The Labute approximate surface area is 94.7 Å². The van der Waals surface area contributed by atoms with Crippen LogP contribution in [0.25, 0.3) is 0 Å². The number of hydrogen-bond donors (Lipinski definition) is 0. The van der Waals surface area contributed by atoms with Crippen LogP contribution in [0.15, 0.2) is 18.2 Å². The highest BCUT2D eigenvalue weighted by Gasteiger charge is 2.10. The summed E-state index contributed by atoms with van der Waals surface area (Å²) in [6.07, 6.45) is 0. The van der Waals surface area contributed by atoms with Crippen molar-refractivity contribution in [2.75, 3.05) is 11.9 Å². The number of benzene rings is 1. The fraction of sp³-hybridized carbons (Fsp3) is 0.222. The first kappa shape index (κ1) is 10.9. The average molecular weight is 242 g/mol. The Kier molecular flexibility index (Phi) is 3.04. The van der Waals surface area contributed by atoms with Gasteiger partial charge in [-0.05, 0) is 23.4 Å². The maximum absolute atomic E-state index is 13.3. The molecule has 0 radical (unpaired) electrons. The SMILES string of the molecule is CN(Cc1cc(F)ccc1F)c1nnns1. The highest BCUT2D eigenvalue weighted by Crippen LogP contribution is 2.17. The third-order valence-electron chi connectivity index (χ3n) is 2.03. The monoisotopic (exact) mass is 242 g/mol. The van der Waals surface area contributed by atoms with Crippen LogP contribution >= 0.6 is 11.5 Å². The molecule has 4 nitrogen and oxygen atoms in total. The van der Waals surface area contributed by atoms with Crippen molar-refractivity contribution in [3.63, 3.8) is 0 Å². The van der Waals surface area contributed by atoms with Gasteiger partial charge in [0.15, 0.2) is 0 Å². The van der Waals surface area contributed by atoms with Crippen LogP contribution in [0.3, 0.4) is 0 Å². The van der Waals surface area contributed by atoms with E-state index in [1.807, 2.05) is 0 Å². The summed E-state index contributed by atoms with van der Waals surface area (Å²) < 4.78 is 29.8. The first-order valence-corrected chi connectivity index (χ1v) is 5.24. The van der Waals surface area contributed by atoms with Crippen molar-refractivity contribution in [1.82, 2.24) is 14.8 Å². The summed E-state index contributed by atoms with van der Waals surface area (Å²) in [6, 6.07) is 3.36. The quantitative estimate of drug-likeness (QED) is 0.823. The molecule has 7 heteroatoms. The molecule has 0 fully saturated rings. The number of nitrogens with zero attached hydrogens (tertiary/aromatic N) is 4. The highest BCUT2D eigenvalue weighted by atomic mass is 32.1. The lowest BCUT2D eigenvalue weighted by Crippen LogP contribution is -2.17. The van der Waals surface area contributed by atoms with Crippen molar-refractivity contribution in [1.29, 1.82) is 0 Å². The summed E-state index contributed by atoms with van der Waals surface area (Å²) in [5.74, 6) is -0.897. The Hall–Kier alpha value is -1.63. The van der Waals surface area contributed by atoms with Crippen LogP contribution < -0.4 is 4.90 Å². The maximum Gasteiger partial charge on any atom is 0.227 e. The van der Waals surface area contributed by atoms with E-state index < -0.39 is 11.6 Å². The Morgan fingerprint density at radius 1 is 1.38 bits per heavy atom. The summed E-state index contributed by atoms with van der Waals surface area (Å²) in [5.41, 5.74) is 0.276. The van der Waals surface area contributed by atoms with E-state index in [9.17, 15) is 8.78 Å². The fourth-order valence-corrected chi connectivity index (χ4v) is 1.69. The predicted molar refractivity (Wildman–Crippen MR) is 56.2 cm³/mol. The van der Waals surface area contributed by atoms with Crippen LogP contribution in [0.5, 0.6) is 0 Å². The van der Waals surface area contributed by atoms with E-state index in [0.717, 1.165) is 23.7 Å². The van der Waals surface area contributed by atoms with Gasteiger partial charge in [0.1, 0.15) is 11.6 Å². The fourth-order valence-electron chi connectivity index (χ4n) is 1.26. The summed E-state index contributed by atoms with van der Waals surface area (Å²) >= 11 is 1.10. The maximum atomic E-state index is 13.3. The molecule has 0 saturated heterocycles. The third-order valence-corrected chi connectivity index (χ3v) is 2.74. The number of hydrogen-bond acceptors (Lipinski definition) is 5. The molecule has 0 N–H and O–H groups in total. The standard InChI is InChI=1S/C9H8F2N4S/c1-15(9-12-13-14-16-9)5-6-4-7(10)2-3-8(6)11/h2-4H,5H2,1H3. The van der Waals surface area contributed by atoms with Gasteiger partial charge >= 0.3 is 0 Å². The molecule has 0 aliphatic carbocycles. The zero-order valence-electron chi connectivity index (χ0n) is 8.39. The molecule has 0 aliphatic rings. The van der Waals surface area contributed by atoms with Crippen LogP contribution in [0.2, 0.25) is 0 Å². The predicted octanol–water partition coefficient (Wildman–Crippen LogP) is 1.85. The minimum atomic E-state index is -0.458. The van der Waals surface area contributed by atoms with Gasteiger partial charge in [-0.1, -0.05) is 9.59 Å². The number of aromatic nitrogens is 3. The van der Waals surface area contributed by atoms with Crippen LogP contribution in [0, 0.1) is 11.6 Å².